The Morgan fingerprint density at radius 2 is 1.83 bits per heavy atom. The van der Waals surface area contributed by atoms with Gasteiger partial charge in [-0.1, -0.05) is 18.2 Å². The van der Waals surface area contributed by atoms with E-state index in [0.29, 0.717) is 17.8 Å². The van der Waals surface area contributed by atoms with Gasteiger partial charge in [0.05, 0.1) is 11.9 Å². The molecule has 0 saturated heterocycles. The van der Waals surface area contributed by atoms with Gasteiger partial charge in [-0.25, -0.2) is 4.98 Å². The van der Waals surface area contributed by atoms with Crippen LogP contribution in [-0.2, 0) is 6.54 Å². The van der Waals surface area contributed by atoms with Crippen LogP contribution in [-0.4, -0.2) is 15.9 Å². The fourth-order valence-corrected chi connectivity index (χ4v) is 2.29. The Bertz CT molecular complexity index is 816. The molecule has 0 aliphatic heterocycles. The van der Waals surface area contributed by atoms with Crippen LogP contribution in [0.5, 0.6) is 0 Å². The molecular formula is C19H18N4O. The van der Waals surface area contributed by atoms with E-state index in [2.05, 4.69) is 20.6 Å². The van der Waals surface area contributed by atoms with Gasteiger partial charge in [0.15, 0.2) is 0 Å². The molecule has 0 spiro atoms. The van der Waals surface area contributed by atoms with Crippen molar-refractivity contribution in [3.63, 3.8) is 0 Å². The third-order valence-electron chi connectivity index (χ3n) is 3.63. The second-order valence-electron chi connectivity index (χ2n) is 5.41. The number of pyridine rings is 2. The molecule has 3 rings (SSSR count). The van der Waals surface area contributed by atoms with Gasteiger partial charge < -0.3 is 10.6 Å². The molecule has 5 nitrogen and oxygen atoms in total. The minimum Gasteiger partial charge on any atom is -0.366 e. The minimum absolute atomic E-state index is 0.132. The molecule has 0 aliphatic rings. The normalized spacial score (nSPS) is 10.2. The van der Waals surface area contributed by atoms with Crippen molar-refractivity contribution in [1.29, 1.82) is 0 Å². The number of nitrogens with one attached hydrogen (secondary N) is 2. The van der Waals surface area contributed by atoms with E-state index in [1.807, 2.05) is 55.5 Å². The van der Waals surface area contributed by atoms with E-state index in [0.717, 1.165) is 16.9 Å². The highest BCUT2D eigenvalue weighted by Crippen LogP contribution is 2.14. The number of aromatic nitrogens is 2. The molecule has 0 bridgehead atoms. The van der Waals surface area contributed by atoms with Crippen molar-refractivity contribution in [1.82, 2.24) is 9.97 Å². The molecule has 0 unspecified atom stereocenters. The van der Waals surface area contributed by atoms with E-state index in [4.69, 9.17) is 0 Å². The molecule has 0 fully saturated rings. The molecule has 0 radical (unpaired) electrons. The number of carbonyl (C=O) groups excluding carboxylic acids is 1. The van der Waals surface area contributed by atoms with Crippen molar-refractivity contribution in [3.8, 4) is 0 Å². The number of aryl methyl sites for hydroxylation is 1. The summed E-state index contributed by atoms with van der Waals surface area (Å²) in [4.78, 5) is 20.6. The number of hydrogen-bond donors (Lipinski definition) is 2. The Kier molecular flexibility index (Phi) is 4.81. The number of hydrogen-bond acceptors (Lipinski definition) is 4. The number of rotatable bonds is 5. The monoisotopic (exact) mass is 318 g/mol. The summed E-state index contributed by atoms with van der Waals surface area (Å²) in [7, 11) is 0. The van der Waals surface area contributed by atoms with Crippen molar-refractivity contribution in [2.24, 2.45) is 0 Å². The lowest BCUT2D eigenvalue weighted by Crippen LogP contribution is -2.13. The Hall–Kier alpha value is -3.21. The zero-order chi connectivity index (χ0) is 16.8. The van der Waals surface area contributed by atoms with Gasteiger partial charge in [0.2, 0.25) is 0 Å². The topological polar surface area (TPSA) is 66.9 Å². The second-order valence-corrected chi connectivity index (χ2v) is 5.41. The van der Waals surface area contributed by atoms with Crippen LogP contribution in [0.1, 0.15) is 21.5 Å². The third-order valence-corrected chi connectivity index (χ3v) is 3.63. The highest BCUT2D eigenvalue weighted by molar-refractivity contribution is 6.05. The van der Waals surface area contributed by atoms with E-state index < -0.39 is 0 Å². The Morgan fingerprint density at radius 1 is 1.04 bits per heavy atom. The number of amides is 1. The minimum atomic E-state index is -0.132. The first kappa shape index (κ1) is 15.7. The standard InChI is InChI=1S/C19H18N4O/c1-14-4-2-3-5-17(14)19(24)23-16-6-7-18(22-13-16)21-12-15-8-10-20-11-9-15/h2-11,13H,12H2,1H3,(H,21,22)(H,23,24). The van der Waals surface area contributed by atoms with E-state index >= 15 is 0 Å². The molecule has 0 aliphatic carbocycles. The average Bonchev–Trinajstić information content (AvgIpc) is 2.62. The first-order valence-corrected chi connectivity index (χ1v) is 7.68. The molecule has 2 N–H and O–H groups in total. The van der Waals surface area contributed by atoms with Gasteiger partial charge in [-0.3, -0.25) is 9.78 Å². The van der Waals surface area contributed by atoms with Crippen molar-refractivity contribution in [3.05, 3.63) is 83.8 Å². The molecule has 0 saturated carbocycles. The van der Waals surface area contributed by atoms with Crippen LogP contribution in [0.15, 0.2) is 67.1 Å². The van der Waals surface area contributed by atoms with Crippen LogP contribution in [0, 0.1) is 6.92 Å². The Balaban J connectivity index is 1.60. The van der Waals surface area contributed by atoms with Crippen molar-refractivity contribution in [2.75, 3.05) is 10.6 Å². The van der Waals surface area contributed by atoms with Crippen LogP contribution >= 0.6 is 0 Å². The maximum Gasteiger partial charge on any atom is 0.255 e. The Morgan fingerprint density at radius 3 is 2.54 bits per heavy atom. The first-order chi connectivity index (χ1) is 11.7. The molecule has 0 atom stereocenters. The van der Waals surface area contributed by atoms with E-state index in [9.17, 15) is 4.79 Å². The summed E-state index contributed by atoms with van der Waals surface area (Å²) < 4.78 is 0. The van der Waals surface area contributed by atoms with Gasteiger partial charge in [-0.2, -0.15) is 0 Å². The lowest BCUT2D eigenvalue weighted by molar-refractivity contribution is 0.102. The molecule has 1 amide bonds. The fraction of sp³-hybridized carbons (Fsp3) is 0.105. The smallest absolute Gasteiger partial charge is 0.255 e. The highest BCUT2D eigenvalue weighted by atomic mass is 16.1. The van der Waals surface area contributed by atoms with E-state index in [1.54, 1.807) is 18.6 Å². The zero-order valence-electron chi connectivity index (χ0n) is 13.4. The summed E-state index contributed by atoms with van der Waals surface area (Å²) in [6.07, 6.45) is 5.16. The summed E-state index contributed by atoms with van der Waals surface area (Å²) in [5.41, 5.74) is 3.40. The summed E-state index contributed by atoms with van der Waals surface area (Å²) in [5, 5.41) is 6.09. The predicted octanol–water partition coefficient (Wildman–Crippen LogP) is 3.65. The molecule has 1 aromatic carbocycles. The van der Waals surface area contributed by atoms with Crippen LogP contribution in [0.3, 0.4) is 0 Å². The maximum atomic E-state index is 12.3. The fourth-order valence-electron chi connectivity index (χ4n) is 2.29. The van der Waals surface area contributed by atoms with Crippen LogP contribution in [0.25, 0.3) is 0 Å². The summed E-state index contributed by atoms with van der Waals surface area (Å²) in [6.45, 7) is 2.59. The lowest BCUT2D eigenvalue weighted by Gasteiger charge is -2.09. The van der Waals surface area contributed by atoms with Crippen LogP contribution < -0.4 is 10.6 Å². The largest absolute Gasteiger partial charge is 0.366 e. The number of nitrogens with zero attached hydrogens (tertiary/aromatic N) is 2. The van der Waals surface area contributed by atoms with Crippen molar-refractivity contribution >= 4 is 17.4 Å². The quantitative estimate of drug-likeness (QED) is 0.753. The SMILES string of the molecule is Cc1ccccc1C(=O)Nc1ccc(NCc2ccncc2)nc1. The Labute approximate surface area is 140 Å². The van der Waals surface area contributed by atoms with Gasteiger partial charge in [-0.15, -0.1) is 0 Å². The van der Waals surface area contributed by atoms with Gasteiger partial charge in [0, 0.05) is 24.5 Å². The van der Waals surface area contributed by atoms with Gasteiger partial charge in [0.1, 0.15) is 5.82 Å². The number of benzene rings is 1. The maximum absolute atomic E-state index is 12.3. The molecule has 24 heavy (non-hydrogen) atoms. The highest BCUT2D eigenvalue weighted by Gasteiger charge is 2.08. The van der Waals surface area contributed by atoms with Gasteiger partial charge in [-0.05, 0) is 48.4 Å². The number of carbonyl (C=O) groups is 1. The molecule has 2 heterocycles. The molecule has 120 valence electrons. The summed E-state index contributed by atoms with van der Waals surface area (Å²) >= 11 is 0. The molecular weight excluding hydrogens is 300 g/mol. The van der Waals surface area contributed by atoms with Crippen LogP contribution in [0.2, 0.25) is 0 Å². The molecule has 3 aromatic rings. The average molecular weight is 318 g/mol. The molecule has 2 aromatic heterocycles. The van der Waals surface area contributed by atoms with E-state index in [-0.39, 0.29) is 5.91 Å². The van der Waals surface area contributed by atoms with Crippen molar-refractivity contribution in [2.45, 2.75) is 13.5 Å². The summed E-state index contributed by atoms with van der Waals surface area (Å²) in [6, 6.07) is 15.1. The van der Waals surface area contributed by atoms with Crippen LogP contribution in [0.4, 0.5) is 11.5 Å². The second kappa shape index (κ2) is 7.37. The number of anilines is 2. The lowest BCUT2D eigenvalue weighted by atomic mass is 10.1. The van der Waals surface area contributed by atoms with Crippen molar-refractivity contribution < 1.29 is 4.79 Å². The first-order valence-electron chi connectivity index (χ1n) is 7.68. The summed E-state index contributed by atoms with van der Waals surface area (Å²) in [5.74, 6) is 0.619. The predicted molar refractivity (Wildman–Crippen MR) is 94.9 cm³/mol. The van der Waals surface area contributed by atoms with Gasteiger partial charge >= 0.3 is 0 Å². The van der Waals surface area contributed by atoms with E-state index in [1.165, 1.54) is 0 Å². The third kappa shape index (κ3) is 3.95. The molecule has 5 heteroatoms. The zero-order valence-corrected chi connectivity index (χ0v) is 13.4. The van der Waals surface area contributed by atoms with Gasteiger partial charge in [0.25, 0.3) is 5.91 Å².